The fourth-order valence-corrected chi connectivity index (χ4v) is 8.57. The molecule has 1 aromatic carbocycles. The number of nitrogens with one attached hydrogen (secondary N) is 3. The maximum Gasteiger partial charge on any atom is 0.309 e. The fraction of sp³-hybridized carbons (Fsp3) is 0.630. The van der Waals surface area contributed by atoms with Crippen LogP contribution >= 0.6 is 11.3 Å². The Balaban J connectivity index is 1.94. The third kappa shape index (κ3) is 15.6. The number of rotatable bonds is 25. The lowest BCUT2D eigenvalue weighted by Gasteiger charge is -2.39. The van der Waals surface area contributed by atoms with E-state index in [9.17, 15) is 33.9 Å². The minimum absolute atomic E-state index is 0.0500. The summed E-state index contributed by atoms with van der Waals surface area (Å²) in [6.45, 7) is 17.2. The highest BCUT2D eigenvalue weighted by Gasteiger charge is 2.38. The first-order valence-corrected chi connectivity index (χ1v) is 22.8. The topological polar surface area (TPSA) is 208 Å². The predicted octanol–water partition coefficient (Wildman–Crippen LogP) is 6.28. The number of thiazole rings is 1. The third-order valence-corrected chi connectivity index (χ3v) is 12.6. The average molecular weight is 883 g/mol. The monoisotopic (exact) mass is 882 g/mol. The smallest absolute Gasteiger partial charge is 0.309 e. The zero-order chi connectivity index (χ0) is 46.1. The van der Waals surface area contributed by atoms with E-state index in [2.05, 4.69) is 34.4 Å². The molecule has 0 aliphatic carbocycles. The average Bonchev–Trinajstić information content (AvgIpc) is 3.72. The molecule has 16 heteroatoms. The molecule has 1 fully saturated rings. The Bertz CT molecular complexity index is 1830. The van der Waals surface area contributed by atoms with Crippen molar-refractivity contribution in [1.82, 2.24) is 25.4 Å². The number of anilines is 1. The maximum absolute atomic E-state index is 14.9. The van der Waals surface area contributed by atoms with Crippen molar-refractivity contribution in [1.29, 1.82) is 0 Å². The molecule has 1 aromatic heterocycles. The van der Waals surface area contributed by atoms with Crippen LogP contribution in [0.1, 0.15) is 140 Å². The van der Waals surface area contributed by atoms with Gasteiger partial charge in [0.2, 0.25) is 17.7 Å². The van der Waals surface area contributed by atoms with Crippen LogP contribution in [-0.4, -0.2) is 111 Å². The molecule has 0 saturated carbocycles. The van der Waals surface area contributed by atoms with E-state index < -0.39 is 60.0 Å². The van der Waals surface area contributed by atoms with E-state index in [-0.39, 0.29) is 48.7 Å². The van der Waals surface area contributed by atoms with Crippen LogP contribution in [0.3, 0.4) is 0 Å². The van der Waals surface area contributed by atoms with Crippen molar-refractivity contribution < 1.29 is 43.7 Å². The van der Waals surface area contributed by atoms with Crippen LogP contribution in [0.5, 0.6) is 0 Å². The highest BCUT2D eigenvalue weighted by Crippen LogP contribution is 2.32. The Labute approximate surface area is 371 Å². The van der Waals surface area contributed by atoms with Gasteiger partial charge in [-0.15, -0.1) is 11.3 Å². The summed E-state index contributed by atoms with van der Waals surface area (Å²) in [6, 6.07) is 4.44. The lowest BCUT2D eigenvalue weighted by molar-refractivity contribution is -0.149. The number of ether oxygens (including phenoxy) is 1. The van der Waals surface area contributed by atoms with Crippen LogP contribution in [0, 0.1) is 11.3 Å². The number of likely N-dealkylation sites (N-methyl/N-ethyl adjacent to an activating group) is 1. The molecule has 0 unspecified atom stereocenters. The van der Waals surface area contributed by atoms with Crippen LogP contribution in [0.4, 0.5) is 5.69 Å². The number of aliphatic hydroxyl groups excluding tert-OH is 1. The number of carbonyl (C=O) groups is 6. The summed E-state index contributed by atoms with van der Waals surface area (Å²) in [5.74, 6) is -3.27. The number of carboxylic acids is 1. The first-order valence-electron chi connectivity index (χ1n) is 21.9. The summed E-state index contributed by atoms with van der Waals surface area (Å²) in [7, 11) is 1.94. The van der Waals surface area contributed by atoms with Crippen molar-refractivity contribution in [3.63, 3.8) is 0 Å². The predicted molar refractivity (Wildman–Crippen MR) is 240 cm³/mol. The van der Waals surface area contributed by atoms with Gasteiger partial charge < -0.3 is 35.8 Å². The number of nitrogens with zero attached hydrogens (tertiary/aromatic N) is 3. The number of aliphatic carboxylic acids is 1. The summed E-state index contributed by atoms with van der Waals surface area (Å²) in [5.41, 5.74) is 0.757. The summed E-state index contributed by atoms with van der Waals surface area (Å²) < 4.78 is 5.88. The fourth-order valence-electron chi connectivity index (χ4n) is 7.73. The van der Waals surface area contributed by atoms with E-state index in [1.165, 1.54) is 6.92 Å². The Morgan fingerprint density at radius 3 is 2.32 bits per heavy atom. The lowest BCUT2D eigenvalue weighted by Crippen LogP contribution is -2.58. The number of hydrogen-bond acceptors (Lipinski definition) is 11. The molecule has 5 N–H and O–H groups in total. The van der Waals surface area contributed by atoms with E-state index in [1.54, 1.807) is 48.4 Å². The maximum atomic E-state index is 14.9. The number of hydrogen-bond donors (Lipinski definition) is 5. The molecule has 0 spiro atoms. The molecule has 1 aliphatic rings. The van der Waals surface area contributed by atoms with Gasteiger partial charge in [0.1, 0.15) is 23.4 Å². The molecular formula is C46H70N6O9S. The van der Waals surface area contributed by atoms with E-state index in [4.69, 9.17) is 9.84 Å². The van der Waals surface area contributed by atoms with Crippen LogP contribution in [0.2, 0.25) is 0 Å². The van der Waals surface area contributed by atoms with E-state index in [0.717, 1.165) is 68.4 Å². The lowest BCUT2D eigenvalue weighted by atomic mass is 9.84. The molecule has 344 valence electrons. The van der Waals surface area contributed by atoms with Gasteiger partial charge in [-0.25, -0.2) is 4.98 Å². The quantitative estimate of drug-likeness (QED) is 0.0426. The van der Waals surface area contributed by atoms with Crippen LogP contribution in [-0.2, 0) is 35.1 Å². The number of amides is 4. The standard InChI is InChI=1S/C46H70N6O9S/c1-10-12-13-15-23-52(44(58)40(30(5)11-2)50-42(57)36-17-14-16-22-51(36)9)37(29(3)4)25-38(61-31(6)54)43-49-35(28-62-43)41(56)48-34(26-46(7,8)45(59)60)24-32-18-20-33(21-19-32)47-39(55)27-53/h18-21,28,30,34,36-38,40,53H,3,10-17,22-27H2,1-2,4-9H3,(H,47,55)(H,48,56)(H,50,57)(H,59,60)/t30-,34-,36+,37+,38+,40-/m0/s1. The Morgan fingerprint density at radius 1 is 1.05 bits per heavy atom. The van der Waals surface area contributed by atoms with Crippen molar-refractivity contribution >= 4 is 52.6 Å². The molecule has 62 heavy (non-hydrogen) atoms. The second kappa shape index (κ2) is 24.8. The van der Waals surface area contributed by atoms with Crippen molar-refractivity contribution in [3.8, 4) is 0 Å². The number of aromatic nitrogens is 1. The van der Waals surface area contributed by atoms with Crippen LogP contribution in [0.25, 0.3) is 0 Å². The van der Waals surface area contributed by atoms with E-state index in [1.807, 2.05) is 32.7 Å². The molecule has 0 bridgehead atoms. The molecule has 2 heterocycles. The summed E-state index contributed by atoms with van der Waals surface area (Å²) >= 11 is 1.13. The van der Waals surface area contributed by atoms with Gasteiger partial charge in [-0.2, -0.15) is 0 Å². The number of likely N-dealkylation sites (tertiary alicyclic amines) is 1. The number of aliphatic hydroxyl groups is 1. The van der Waals surface area contributed by atoms with Crippen LogP contribution < -0.4 is 16.0 Å². The second-order valence-corrected chi connectivity index (χ2v) is 18.3. The third-order valence-electron chi connectivity index (χ3n) is 11.6. The normalized spacial score (nSPS) is 16.8. The Hall–Kier alpha value is -4.67. The first kappa shape index (κ1) is 51.7. The zero-order valence-corrected chi connectivity index (χ0v) is 38.8. The SMILES string of the molecule is C=C(C)[C@@H](C[C@@H](OC(C)=O)c1nc(C(=O)N[C@@H](Cc2ccc(NC(=O)CO)cc2)CC(C)(C)C(=O)O)cs1)N(CCCCCC)C(=O)[C@@H](NC(=O)[C@H]1CCCCN1C)[C@@H](C)CC. The molecule has 1 saturated heterocycles. The highest BCUT2D eigenvalue weighted by atomic mass is 32.1. The Kier molecular flexibility index (Phi) is 20.7. The van der Waals surface area contributed by atoms with Crippen molar-refractivity contribution in [3.05, 3.63) is 58.1 Å². The molecule has 3 rings (SSSR count). The van der Waals surface area contributed by atoms with E-state index in [0.29, 0.717) is 29.2 Å². The van der Waals surface area contributed by atoms with Crippen LogP contribution in [0.15, 0.2) is 41.8 Å². The molecule has 0 radical (unpaired) electrons. The summed E-state index contributed by atoms with van der Waals surface area (Å²) in [4.78, 5) is 87.3. The summed E-state index contributed by atoms with van der Waals surface area (Å²) in [5, 5.41) is 29.6. The van der Waals surface area contributed by atoms with Crippen molar-refractivity contribution in [2.24, 2.45) is 11.3 Å². The number of carboxylic acid groups (broad SMARTS) is 1. The molecule has 4 amide bonds. The number of unbranched alkanes of at least 4 members (excludes halogenated alkanes) is 3. The molecule has 15 nitrogen and oxygen atoms in total. The number of piperidine rings is 1. The van der Waals surface area contributed by atoms with Gasteiger partial charge >= 0.3 is 11.9 Å². The van der Waals surface area contributed by atoms with Gasteiger partial charge in [0, 0.05) is 37.0 Å². The first-order chi connectivity index (χ1) is 29.3. The van der Waals surface area contributed by atoms with E-state index >= 15 is 0 Å². The van der Waals surface area contributed by atoms with Gasteiger partial charge in [0.05, 0.1) is 17.5 Å². The highest BCUT2D eigenvalue weighted by molar-refractivity contribution is 7.09. The molecule has 1 aliphatic heterocycles. The van der Waals surface area contributed by atoms with Crippen molar-refractivity contribution in [2.75, 3.05) is 32.1 Å². The van der Waals surface area contributed by atoms with Gasteiger partial charge in [-0.1, -0.05) is 77.2 Å². The number of carbonyl (C=O) groups excluding carboxylic acids is 5. The number of esters is 1. The molecule has 6 atom stereocenters. The van der Waals surface area contributed by atoms with Gasteiger partial charge in [-0.05, 0) is 90.1 Å². The minimum atomic E-state index is -1.19. The number of benzene rings is 1. The van der Waals surface area contributed by atoms with Gasteiger partial charge in [-0.3, -0.25) is 33.7 Å². The zero-order valence-electron chi connectivity index (χ0n) is 38.0. The summed E-state index contributed by atoms with van der Waals surface area (Å²) in [6.07, 6.45) is 6.47. The second-order valence-electron chi connectivity index (χ2n) is 17.4. The van der Waals surface area contributed by atoms with Crippen molar-refractivity contribution in [2.45, 2.75) is 149 Å². The largest absolute Gasteiger partial charge is 0.481 e. The minimum Gasteiger partial charge on any atom is -0.481 e. The molecular weight excluding hydrogens is 813 g/mol. The van der Waals surface area contributed by atoms with Gasteiger partial charge in [0.25, 0.3) is 5.91 Å². The van der Waals surface area contributed by atoms with Gasteiger partial charge in [0.15, 0.2) is 6.10 Å². The molecule has 2 aromatic rings. The Morgan fingerprint density at radius 2 is 1.74 bits per heavy atom.